The van der Waals surface area contributed by atoms with Crippen molar-refractivity contribution in [3.8, 4) is 0 Å². The van der Waals surface area contributed by atoms with Gasteiger partial charge in [-0.05, 0) is 38.0 Å². The van der Waals surface area contributed by atoms with Crippen molar-refractivity contribution in [3.05, 3.63) is 12.2 Å². The Kier molecular flexibility index (Phi) is 4.30. The van der Waals surface area contributed by atoms with E-state index in [9.17, 15) is 9.90 Å². The van der Waals surface area contributed by atoms with Gasteiger partial charge in [0.05, 0.1) is 19.2 Å². The highest BCUT2D eigenvalue weighted by Gasteiger charge is 2.49. The van der Waals surface area contributed by atoms with Gasteiger partial charge in [-0.25, -0.2) is 9.67 Å². The maximum Gasteiger partial charge on any atom is 0.223 e. The minimum atomic E-state index is -0.00843. The quantitative estimate of drug-likeness (QED) is 0.868. The zero-order valence-electron chi connectivity index (χ0n) is 14.3. The zero-order valence-corrected chi connectivity index (χ0v) is 14.3. The number of rotatable bonds is 4. The predicted molar refractivity (Wildman–Crippen MR) is 87.9 cm³/mol. The number of hydrogen-bond donors (Lipinski definition) is 1. The van der Waals surface area contributed by atoms with Gasteiger partial charge in [0, 0.05) is 32.1 Å². The van der Waals surface area contributed by atoms with Crippen LogP contribution in [-0.2, 0) is 17.9 Å². The normalized spacial score (nSPS) is 33.6. The van der Waals surface area contributed by atoms with E-state index in [4.69, 9.17) is 0 Å². The Hall–Kier alpha value is -1.47. The molecule has 3 fully saturated rings. The van der Waals surface area contributed by atoms with Crippen molar-refractivity contribution in [3.63, 3.8) is 0 Å². The van der Waals surface area contributed by atoms with E-state index in [0.29, 0.717) is 24.3 Å². The maximum atomic E-state index is 12.4. The summed E-state index contributed by atoms with van der Waals surface area (Å²) < 4.78 is 1.95. The number of aromatic nitrogens is 3. The van der Waals surface area contributed by atoms with Crippen molar-refractivity contribution < 1.29 is 9.90 Å². The fraction of sp³-hybridized carbons (Fsp3) is 0.824. The highest BCUT2D eigenvalue weighted by Crippen LogP contribution is 2.41. The number of carbonyl (C=O) groups is 1. The van der Waals surface area contributed by atoms with Gasteiger partial charge in [-0.2, -0.15) is 5.10 Å². The Balaban J connectivity index is 1.54. The van der Waals surface area contributed by atoms with Crippen LogP contribution in [0.15, 0.2) is 6.33 Å². The monoisotopic (exact) mass is 333 g/mol. The first-order chi connectivity index (χ1) is 11.7. The molecule has 7 heteroatoms. The fourth-order valence-electron chi connectivity index (χ4n) is 5.11. The maximum absolute atomic E-state index is 12.4. The number of amides is 1. The third kappa shape index (κ3) is 2.63. The van der Waals surface area contributed by atoms with Crippen LogP contribution in [0, 0.1) is 11.8 Å². The highest BCUT2D eigenvalue weighted by molar-refractivity contribution is 5.78. The number of aryl methyl sites for hydroxylation is 1. The van der Waals surface area contributed by atoms with Gasteiger partial charge >= 0.3 is 0 Å². The van der Waals surface area contributed by atoms with Crippen molar-refractivity contribution in [1.29, 1.82) is 0 Å². The molecule has 0 saturated carbocycles. The third-order valence-corrected chi connectivity index (χ3v) is 6.12. The van der Waals surface area contributed by atoms with E-state index in [2.05, 4.69) is 21.9 Å². The second kappa shape index (κ2) is 6.44. The van der Waals surface area contributed by atoms with E-state index in [1.807, 2.05) is 9.58 Å². The summed E-state index contributed by atoms with van der Waals surface area (Å²) in [7, 11) is 0. The first-order valence-electron chi connectivity index (χ1n) is 9.22. The number of likely N-dealkylation sites (tertiary alicyclic amines) is 1. The summed E-state index contributed by atoms with van der Waals surface area (Å²) >= 11 is 0. The molecule has 3 aliphatic heterocycles. The summed E-state index contributed by atoms with van der Waals surface area (Å²) in [6, 6.07) is 0.303. The number of fused-ring (bicyclic) bond motifs is 4. The van der Waals surface area contributed by atoms with Crippen molar-refractivity contribution in [2.24, 2.45) is 11.8 Å². The van der Waals surface area contributed by atoms with E-state index in [-0.39, 0.29) is 18.6 Å². The van der Waals surface area contributed by atoms with E-state index in [1.54, 1.807) is 6.33 Å². The van der Waals surface area contributed by atoms with Gasteiger partial charge in [0.1, 0.15) is 12.2 Å². The molecule has 4 heterocycles. The molecule has 0 spiro atoms. The lowest BCUT2D eigenvalue weighted by Crippen LogP contribution is -2.65. The first kappa shape index (κ1) is 16.0. The highest BCUT2D eigenvalue weighted by atomic mass is 16.3. The van der Waals surface area contributed by atoms with Crippen molar-refractivity contribution in [1.82, 2.24) is 24.6 Å². The van der Waals surface area contributed by atoms with Crippen LogP contribution in [0.3, 0.4) is 0 Å². The number of piperidine rings is 3. The molecule has 1 aromatic heterocycles. The van der Waals surface area contributed by atoms with Gasteiger partial charge in [0.15, 0.2) is 0 Å². The van der Waals surface area contributed by atoms with Crippen molar-refractivity contribution >= 4 is 5.91 Å². The van der Waals surface area contributed by atoms with Crippen LogP contribution in [0.5, 0.6) is 0 Å². The second-order valence-corrected chi connectivity index (χ2v) is 7.45. The number of carbonyl (C=O) groups excluding carboxylic acids is 1. The van der Waals surface area contributed by atoms with Gasteiger partial charge in [-0.15, -0.1) is 0 Å². The molecule has 4 rings (SSSR count). The largest absolute Gasteiger partial charge is 0.394 e. The van der Waals surface area contributed by atoms with E-state index in [1.165, 1.54) is 0 Å². The van der Waals surface area contributed by atoms with Crippen LogP contribution in [0.4, 0.5) is 0 Å². The third-order valence-electron chi connectivity index (χ3n) is 6.12. The summed E-state index contributed by atoms with van der Waals surface area (Å²) in [5.74, 6) is 2.15. The van der Waals surface area contributed by atoms with Crippen molar-refractivity contribution in [2.75, 3.05) is 19.7 Å². The Bertz CT molecular complexity index is 590. The summed E-state index contributed by atoms with van der Waals surface area (Å²) in [5.41, 5.74) is 0. The fourth-order valence-corrected chi connectivity index (χ4v) is 5.11. The number of hydrogen-bond acceptors (Lipinski definition) is 5. The summed E-state index contributed by atoms with van der Waals surface area (Å²) in [4.78, 5) is 21.3. The van der Waals surface area contributed by atoms with Crippen LogP contribution in [-0.4, -0.2) is 67.4 Å². The average molecular weight is 333 g/mol. The van der Waals surface area contributed by atoms with Gasteiger partial charge in [-0.3, -0.25) is 9.69 Å². The Morgan fingerprint density at radius 3 is 2.96 bits per heavy atom. The van der Waals surface area contributed by atoms with Gasteiger partial charge in [0.2, 0.25) is 5.91 Å². The molecule has 4 atom stereocenters. The number of aliphatic hydroxyl groups excluding tert-OH is 1. The Labute approximate surface area is 142 Å². The Morgan fingerprint density at radius 1 is 1.33 bits per heavy atom. The van der Waals surface area contributed by atoms with Crippen LogP contribution in [0.1, 0.15) is 38.4 Å². The molecule has 0 aliphatic carbocycles. The number of aliphatic hydroxyl groups is 1. The summed E-state index contributed by atoms with van der Waals surface area (Å²) in [6.07, 6.45) is 5.48. The van der Waals surface area contributed by atoms with E-state index < -0.39 is 0 Å². The molecule has 24 heavy (non-hydrogen) atoms. The Morgan fingerprint density at radius 2 is 2.17 bits per heavy atom. The molecule has 2 bridgehead atoms. The molecule has 132 valence electrons. The van der Waals surface area contributed by atoms with Gasteiger partial charge in [-0.1, -0.05) is 0 Å². The second-order valence-electron chi connectivity index (χ2n) is 7.45. The van der Waals surface area contributed by atoms with E-state index >= 15 is 0 Å². The predicted octanol–water partition coefficient (Wildman–Crippen LogP) is 0.492. The lowest BCUT2D eigenvalue weighted by Gasteiger charge is -2.56. The number of nitrogens with zero attached hydrogens (tertiary/aromatic N) is 5. The lowest BCUT2D eigenvalue weighted by atomic mass is 9.72. The van der Waals surface area contributed by atoms with Gasteiger partial charge < -0.3 is 10.0 Å². The average Bonchev–Trinajstić information content (AvgIpc) is 3.03. The molecule has 1 N–H and O–H groups in total. The summed E-state index contributed by atoms with van der Waals surface area (Å²) in [6.45, 7) is 5.74. The van der Waals surface area contributed by atoms with Crippen molar-refractivity contribution in [2.45, 2.75) is 57.8 Å². The van der Waals surface area contributed by atoms with Crippen LogP contribution < -0.4 is 0 Å². The first-order valence-corrected chi connectivity index (χ1v) is 9.22. The SMILES string of the molecule is CCn1ncnc1CN1C[C@H]2C[C@@H](C1)[C@H](CO)N1C(=O)CCC[C@@H]21. The minimum Gasteiger partial charge on any atom is -0.394 e. The van der Waals surface area contributed by atoms with Crippen LogP contribution >= 0.6 is 0 Å². The molecular formula is C17H27N5O2. The van der Waals surface area contributed by atoms with Gasteiger partial charge in [0.25, 0.3) is 0 Å². The molecule has 3 aliphatic rings. The zero-order chi connectivity index (χ0) is 16.7. The topological polar surface area (TPSA) is 74.5 Å². The molecule has 3 saturated heterocycles. The summed E-state index contributed by atoms with van der Waals surface area (Å²) in [5, 5.41) is 14.2. The molecule has 1 aromatic rings. The smallest absolute Gasteiger partial charge is 0.223 e. The molecule has 0 radical (unpaired) electrons. The lowest BCUT2D eigenvalue weighted by molar-refractivity contribution is -0.155. The minimum absolute atomic E-state index is 0.00843. The molecule has 7 nitrogen and oxygen atoms in total. The molecule has 0 unspecified atom stereocenters. The molecule has 1 amide bonds. The van der Waals surface area contributed by atoms with Crippen LogP contribution in [0.25, 0.3) is 0 Å². The van der Waals surface area contributed by atoms with E-state index in [0.717, 1.165) is 51.3 Å². The van der Waals surface area contributed by atoms with Crippen LogP contribution in [0.2, 0.25) is 0 Å². The standard InChI is InChI=1S/C17H27N5O2/c1-2-21-16(18-11-19-21)9-20-7-12-6-13(8-20)15(10-23)22-14(12)4-3-5-17(22)24/h11-15,23H,2-10H2,1H3/t12-,13+,14+,15+/m1/s1. The molecule has 0 aromatic carbocycles. The molecular weight excluding hydrogens is 306 g/mol.